The van der Waals surface area contributed by atoms with Crippen LogP contribution >= 0.6 is 11.3 Å². The van der Waals surface area contributed by atoms with Crippen LogP contribution in [-0.4, -0.2) is 22.6 Å². The molecule has 8 heteroatoms. The Kier molecular flexibility index (Phi) is 5.90. The Bertz CT molecular complexity index is 1240. The van der Waals surface area contributed by atoms with Crippen molar-refractivity contribution in [2.24, 2.45) is 0 Å². The number of anilines is 1. The second kappa shape index (κ2) is 8.77. The van der Waals surface area contributed by atoms with Gasteiger partial charge < -0.3 is 10.0 Å². The van der Waals surface area contributed by atoms with E-state index < -0.39 is 17.6 Å². The zero-order valence-corrected chi connectivity index (χ0v) is 17.0. The first kappa shape index (κ1) is 20.9. The van der Waals surface area contributed by atoms with E-state index in [0.29, 0.717) is 28.4 Å². The van der Waals surface area contributed by atoms with E-state index in [1.807, 2.05) is 4.90 Å². The van der Waals surface area contributed by atoms with Crippen molar-refractivity contribution in [3.8, 4) is 0 Å². The first-order valence-electron chi connectivity index (χ1n) is 9.47. The highest BCUT2D eigenvalue weighted by Gasteiger charge is 2.16. The highest BCUT2D eigenvalue weighted by atomic mass is 32.1. The minimum absolute atomic E-state index is 0.166. The van der Waals surface area contributed by atoms with E-state index in [1.165, 1.54) is 29.5 Å². The number of halogens is 3. The first-order valence-corrected chi connectivity index (χ1v) is 10.3. The third-order valence-corrected chi connectivity index (χ3v) is 6.00. The number of hydrogen-bond donors (Lipinski definition) is 1. The van der Waals surface area contributed by atoms with Gasteiger partial charge in [0, 0.05) is 13.1 Å². The largest absolute Gasteiger partial charge is 0.478 e. The van der Waals surface area contributed by atoms with E-state index in [-0.39, 0.29) is 23.4 Å². The first-order chi connectivity index (χ1) is 14.9. The van der Waals surface area contributed by atoms with Gasteiger partial charge >= 0.3 is 5.97 Å². The molecule has 0 radical (unpaired) electrons. The number of aromatic nitrogens is 1. The Morgan fingerprint density at radius 3 is 2.48 bits per heavy atom. The molecule has 1 aromatic heterocycles. The fraction of sp³-hybridized carbons (Fsp3) is 0.130. The SMILES string of the molecule is O=C(O)c1ccc(CN(CCc2cc(F)ccc2F)c2nc3cccc(F)c3s2)cc1. The molecule has 0 atom stereocenters. The molecule has 1 heterocycles. The Balaban J connectivity index is 1.64. The fourth-order valence-corrected chi connectivity index (χ4v) is 4.24. The normalized spacial score (nSPS) is 11.1. The van der Waals surface area contributed by atoms with Gasteiger partial charge in [-0.05, 0) is 60.0 Å². The van der Waals surface area contributed by atoms with E-state index in [9.17, 15) is 18.0 Å². The molecule has 0 aliphatic rings. The summed E-state index contributed by atoms with van der Waals surface area (Å²) in [5.41, 5.74) is 1.73. The van der Waals surface area contributed by atoms with Crippen LogP contribution in [0.4, 0.5) is 18.3 Å². The smallest absolute Gasteiger partial charge is 0.335 e. The number of thiazole rings is 1. The van der Waals surface area contributed by atoms with Gasteiger partial charge in [0.2, 0.25) is 0 Å². The number of carboxylic acids is 1. The molecule has 3 aromatic carbocycles. The van der Waals surface area contributed by atoms with E-state index in [0.717, 1.165) is 23.8 Å². The number of benzene rings is 3. The molecule has 0 saturated heterocycles. The lowest BCUT2D eigenvalue weighted by molar-refractivity contribution is 0.0697. The Morgan fingerprint density at radius 2 is 1.77 bits per heavy atom. The molecule has 0 amide bonds. The van der Waals surface area contributed by atoms with Gasteiger partial charge in [-0.2, -0.15) is 0 Å². The number of hydrogen-bond acceptors (Lipinski definition) is 4. The molecule has 4 aromatic rings. The molecule has 0 bridgehead atoms. The number of rotatable bonds is 7. The van der Waals surface area contributed by atoms with Gasteiger partial charge in [-0.25, -0.2) is 22.9 Å². The minimum Gasteiger partial charge on any atom is -0.478 e. The van der Waals surface area contributed by atoms with Crippen LogP contribution in [0.2, 0.25) is 0 Å². The standard InChI is InChI=1S/C23H17F3N2O2S/c24-17-8-9-18(25)16(12-17)10-11-28(13-14-4-6-15(7-5-14)22(29)30)23-27-20-3-1-2-19(26)21(20)31-23/h1-9,12H,10-11,13H2,(H,29,30). The van der Waals surface area contributed by atoms with Crippen molar-refractivity contribution in [2.45, 2.75) is 13.0 Å². The summed E-state index contributed by atoms with van der Waals surface area (Å²) in [6.45, 7) is 0.654. The summed E-state index contributed by atoms with van der Waals surface area (Å²) in [6, 6.07) is 14.3. The molecule has 31 heavy (non-hydrogen) atoms. The quantitative estimate of drug-likeness (QED) is 0.401. The molecule has 0 spiro atoms. The zero-order chi connectivity index (χ0) is 22.0. The minimum atomic E-state index is -1.02. The van der Waals surface area contributed by atoms with E-state index in [4.69, 9.17) is 5.11 Å². The lowest BCUT2D eigenvalue weighted by Gasteiger charge is -2.22. The maximum absolute atomic E-state index is 14.2. The number of fused-ring (bicyclic) bond motifs is 1. The molecule has 0 aliphatic carbocycles. The lowest BCUT2D eigenvalue weighted by Crippen LogP contribution is -2.25. The van der Waals surface area contributed by atoms with Crippen molar-refractivity contribution in [1.82, 2.24) is 4.98 Å². The number of nitrogens with zero attached hydrogens (tertiary/aromatic N) is 2. The number of carbonyl (C=O) groups is 1. The van der Waals surface area contributed by atoms with E-state index >= 15 is 0 Å². The summed E-state index contributed by atoms with van der Waals surface area (Å²) in [6.07, 6.45) is 0.217. The van der Waals surface area contributed by atoms with Crippen LogP contribution in [0.15, 0.2) is 60.7 Å². The second-order valence-corrected chi connectivity index (χ2v) is 7.97. The molecule has 1 N–H and O–H groups in total. The van der Waals surface area contributed by atoms with Gasteiger partial charge in [0.1, 0.15) is 17.5 Å². The molecular formula is C23H17F3N2O2S. The Labute approximate surface area is 180 Å². The van der Waals surface area contributed by atoms with Crippen LogP contribution in [0.5, 0.6) is 0 Å². The molecule has 4 rings (SSSR count). The maximum Gasteiger partial charge on any atom is 0.335 e. The molecular weight excluding hydrogens is 425 g/mol. The average molecular weight is 442 g/mol. The van der Waals surface area contributed by atoms with Crippen LogP contribution in [0.1, 0.15) is 21.5 Å². The van der Waals surface area contributed by atoms with Crippen molar-refractivity contribution >= 4 is 32.7 Å². The van der Waals surface area contributed by atoms with Crippen molar-refractivity contribution in [3.05, 3.63) is 94.8 Å². The van der Waals surface area contributed by atoms with Gasteiger partial charge in [0.25, 0.3) is 0 Å². The summed E-state index contributed by atoms with van der Waals surface area (Å²) >= 11 is 1.18. The summed E-state index contributed by atoms with van der Waals surface area (Å²) in [4.78, 5) is 17.4. The third-order valence-electron chi connectivity index (χ3n) is 4.86. The Hall–Kier alpha value is -3.39. The monoisotopic (exact) mass is 442 g/mol. The average Bonchev–Trinajstić information content (AvgIpc) is 3.19. The highest BCUT2D eigenvalue weighted by Crippen LogP contribution is 2.31. The topological polar surface area (TPSA) is 53.4 Å². The van der Waals surface area contributed by atoms with Gasteiger partial charge in [-0.1, -0.05) is 29.5 Å². The molecule has 0 saturated carbocycles. The molecule has 158 valence electrons. The Morgan fingerprint density at radius 1 is 1.00 bits per heavy atom. The second-order valence-electron chi connectivity index (χ2n) is 6.99. The fourth-order valence-electron chi connectivity index (χ4n) is 3.24. The van der Waals surface area contributed by atoms with Gasteiger partial charge in [0.05, 0.1) is 15.8 Å². The highest BCUT2D eigenvalue weighted by molar-refractivity contribution is 7.22. The predicted octanol–water partition coefficient (Wildman–Crippen LogP) is 5.66. The van der Waals surface area contributed by atoms with Gasteiger partial charge in [-0.3, -0.25) is 0 Å². The summed E-state index contributed by atoms with van der Waals surface area (Å²) in [5.74, 6) is -2.41. The maximum atomic E-state index is 14.2. The number of aromatic carboxylic acids is 1. The summed E-state index contributed by atoms with van der Waals surface area (Å²) < 4.78 is 42.2. The van der Waals surface area contributed by atoms with Crippen LogP contribution < -0.4 is 4.90 Å². The molecule has 0 aliphatic heterocycles. The van der Waals surface area contributed by atoms with Crippen LogP contribution in [-0.2, 0) is 13.0 Å². The molecule has 0 unspecified atom stereocenters. The van der Waals surface area contributed by atoms with Crippen molar-refractivity contribution < 1.29 is 23.1 Å². The molecule has 0 fully saturated rings. The van der Waals surface area contributed by atoms with Crippen molar-refractivity contribution in [2.75, 3.05) is 11.4 Å². The van der Waals surface area contributed by atoms with Crippen LogP contribution in [0.3, 0.4) is 0 Å². The number of carboxylic acid groups (broad SMARTS) is 1. The van der Waals surface area contributed by atoms with Gasteiger partial charge in [0.15, 0.2) is 5.13 Å². The predicted molar refractivity (Wildman–Crippen MR) is 114 cm³/mol. The van der Waals surface area contributed by atoms with Crippen LogP contribution in [0, 0.1) is 17.5 Å². The van der Waals surface area contributed by atoms with Crippen LogP contribution in [0.25, 0.3) is 10.2 Å². The molecule has 4 nitrogen and oxygen atoms in total. The third kappa shape index (κ3) is 4.69. The zero-order valence-electron chi connectivity index (χ0n) is 16.2. The van der Waals surface area contributed by atoms with Gasteiger partial charge in [-0.15, -0.1) is 0 Å². The van der Waals surface area contributed by atoms with Crippen molar-refractivity contribution in [1.29, 1.82) is 0 Å². The lowest BCUT2D eigenvalue weighted by atomic mass is 10.1. The summed E-state index contributed by atoms with van der Waals surface area (Å²) in [5, 5.41) is 9.62. The van der Waals surface area contributed by atoms with E-state index in [2.05, 4.69) is 4.98 Å². The van der Waals surface area contributed by atoms with E-state index in [1.54, 1.807) is 24.3 Å². The van der Waals surface area contributed by atoms with Crippen molar-refractivity contribution in [3.63, 3.8) is 0 Å². The summed E-state index contributed by atoms with van der Waals surface area (Å²) in [7, 11) is 0.